The summed E-state index contributed by atoms with van der Waals surface area (Å²) in [4.78, 5) is 25.3. The van der Waals surface area contributed by atoms with Crippen LogP contribution in [0.4, 0.5) is 4.79 Å². The molecule has 2 heterocycles. The molecule has 2 aliphatic heterocycles. The molecule has 0 saturated carbocycles. The van der Waals surface area contributed by atoms with Crippen LogP contribution in [0, 0.1) is 0 Å². The minimum absolute atomic E-state index is 0. The lowest BCUT2D eigenvalue weighted by molar-refractivity contribution is -0.142. The highest BCUT2D eigenvalue weighted by molar-refractivity contribution is 6.31. The summed E-state index contributed by atoms with van der Waals surface area (Å²) in [5, 5.41) is 3.66. The topological polar surface area (TPSA) is 67.9 Å². The van der Waals surface area contributed by atoms with Crippen molar-refractivity contribution in [3.8, 4) is 0 Å². The normalized spacial score (nSPS) is 22.3. The van der Waals surface area contributed by atoms with E-state index in [1.54, 1.807) is 4.90 Å². The summed E-state index contributed by atoms with van der Waals surface area (Å²) in [5.41, 5.74) is 2.01. The Morgan fingerprint density at radius 3 is 2.83 bits per heavy atom. The highest BCUT2D eigenvalue weighted by atomic mass is 35.5. The molecule has 0 bridgehead atoms. The van der Waals surface area contributed by atoms with Gasteiger partial charge in [-0.1, -0.05) is 23.7 Å². The molecule has 1 saturated heterocycles. The first-order chi connectivity index (χ1) is 10.6. The number of ether oxygens (including phenoxy) is 2. The molecule has 1 aromatic rings. The SMILES string of the molecule is COC(=O)C1CC(OC(=O)N2Cc3cccc(Cl)c3C2)CN1.Cl. The zero-order chi connectivity index (χ0) is 15.7. The monoisotopic (exact) mass is 360 g/mol. The summed E-state index contributed by atoms with van der Waals surface area (Å²) in [6.45, 7) is 1.40. The van der Waals surface area contributed by atoms with Crippen LogP contribution < -0.4 is 5.32 Å². The minimum Gasteiger partial charge on any atom is -0.468 e. The van der Waals surface area contributed by atoms with Gasteiger partial charge < -0.3 is 14.8 Å². The molecule has 8 heteroatoms. The van der Waals surface area contributed by atoms with Gasteiger partial charge in [-0.2, -0.15) is 0 Å². The van der Waals surface area contributed by atoms with Crippen LogP contribution in [0.5, 0.6) is 0 Å². The van der Waals surface area contributed by atoms with E-state index in [2.05, 4.69) is 10.1 Å². The average molecular weight is 361 g/mol. The van der Waals surface area contributed by atoms with Crippen molar-refractivity contribution in [2.75, 3.05) is 13.7 Å². The number of esters is 1. The quantitative estimate of drug-likeness (QED) is 0.818. The second-order valence-electron chi connectivity index (χ2n) is 5.46. The number of fused-ring (bicyclic) bond motifs is 1. The van der Waals surface area contributed by atoms with Gasteiger partial charge in [0.25, 0.3) is 0 Å². The molecule has 0 spiro atoms. The maximum Gasteiger partial charge on any atom is 0.410 e. The van der Waals surface area contributed by atoms with Crippen molar-refractivity contribution in [3.63, 3.8) is 0 Å². The Balaban J connectivity index is 0.00000192. The van der Waals surface area contributed by atoms with E-state index >= 15 is 0 Å². The van der Waals surface area contributed by atoms with E-state index in [-0.39, 0.29) is 30.6 Å². The van der Waals surface area contributed by atoms with Gasteiger partial charge in [0.05, 0.1) is 13.7 Å². The van der Waals surface area contributed by atoms with E-state index in [4.69, 9.17) is 16.3 Å². The van der Waals surface area contributed by atoms with Gasteiger partial charge in [0, 0.05) is 24.5 Å². The molecule has 126 valence electrons. The molecule has 1 fully saturated rings. The first-order valence-corrected chi connectivity index (χ1v) is 7.49. The summed E-state index contributed by atoms with van der Waals surface area (Å²) in [7, 11) is 1.34. The molecular weight excluding hydrogens is 343 g/mol. The van der Waals surface area contributed by atoms with E-state index in [1.165, 1.54) is 7.11 Å². The largest absolute Gasteiger partial charge is 0.468 e. The number of nitrogens with one attached hydrogen (secondary N) is 1. The number of benzene rings is 1. The van der Waals surface area contributed by atoms with Gasteiger partial charge in [-0.15, -0.1) is 12.4 Å². The molecule has 3 rings (SSSR count). The summed E-state index contributed by atoms with van der Waals surface area (Å²) >= 11 is 6.14. The summed E-state index contributed by atoms with van der Waals surface area (Å²) in [6.07, 6.45) is -0.277. The van der Waals surface area contributed by atoms with Crippen LogP contribution in [0.25, 0.3) is 0 Å². The van der Waals surface area contributed by atoms with E-state index in [1.807, 2.05) is 18.2 Å². The van der Waals surface area contributed by atoms with Crippen LogP contribution in [0.2, 0.25) is 5.02 Å². The van der Waals surface area contributed by atoms with E-state index in [9.17, 15) is 9.59 Å². The predicted molar refractivity (Wildman–Crippen MR) is 86.6 cm³/mol. The van der Waals surface area contributed by atoms with Crippen LogP contribution in [0.3, 0.4) is 0 Å². The number of carbonyl (C=O) groups excluding carboxylic acids is 2. The fraction of sp³-hybridized carbons (Fsp3) is 0.467. The number of carbonyl (C=O) groups is 2. The van der Waals surface area contributed by atoms with Gasteiger partial charge in [0.1, 0.15) is 12.1 Å². The molecule has 0 aromatic heterocycles. The first-order valence-electron chi connectivity index (χ1n) is 7.11. The Morgan fingerprint density at radius 2 is 2.13 bits per heavy atom. The first kappa shape index (κ1) is 17.8. The third-order valence-electron chi connectivity index (χ3n) is 4.03. The minimum atomic E-state index is -0.409. The van der Waals surface area contributed by atoms with Gasteiger partial charge in [-0.3, -0.25) is 9.69 Å². The maximum absolute atomic E-state index is 12.2. The number of hydrogen-bond acceptors (Lipinski definition) is 5. The molecule has 1 N–H and O–H groups in total. The van der Waals surface area contributed by atoms with Gasteiger partial charge in [0.15, 0.2) is 0 Å². The Bertz CT molecular complexity index is 611. The van der Waals surface area contributed by atoms with E-state index in [0.29, 0.717) is 31.1 Å². The summed E-state index contributed by atoms with van der Waals surface area (Å²) in [5.74, 6) is -0.334. The second kappa shape index (κ2) is 7.38. The van der Waals surface area contributed by atoms with Crippen LogP contribution >= 0.6 is 24.0 Å². The van der Waals surface area contributed by atoms with Crippen LogP contribution in [0.1, 0.15) is 17.5 Å². The van der Waals surface area contributed by atoms with Crippen LogP contribution in [-0.4, -0.2) is 42.8 Å². The Hall–Kier alpha value is -1.50. The van der Waals surface area contributed by atoms with Crippen molar-refractivity contribution in [3.05, 3.63) is 34.3 Å². The van der Waals surface area contributed by atoms with Crippen molar-refractivity contribution in [1.82, 2.24) is 10.2 Å². The van der Waals surface area contributed by atoms with Gasteiger partial charge in [-0.25, -0.2) is 4.79 Å². The fourth-order valence-electron chi connectivity index (χ4n) is 2.84. The van der Waals surface area contributed by atoms with Crippen molar-refractivity contribution in [2.24, 2.45) is 0 Å². The zero-order valence-corrected chi connectivity index (χ0v) is 14.2. The van der Waals surface area contributed by atoms with Crippen LogP contribution in [-0.2, 0) is 27.4 Å². The average Bonchev–Trinajstić information content (AvgIpc) is 3.13. The second-order valence-corrected chi connectivity index (χ2v) is 5.87. The smallest absolute Gasteiger partial charge is 0.410 e. The fourth-order valence-corrected chi connectivity index (χ4v) is 3.10. The molecular formula is C15H18Cl2N2O4. The molecule has 0 radical (unpaired) electrons. The van der Waals surface area contributed by atoms with Crippen molar-refractivity contribution in [2.45, 2.75) is 31.7 Å². The number of halogens is 2. The number of methoxy groups -OCH3 is 1. The highest BCUT2D eigenvalue weighted by Crippen LogP contribution is 2.29. The van der Waals surface area contributed by atoms with Crippen molar-refractivity contribution < 1.29 is 19.1 Å². The Labute approximate surface area is 145 Å². The third-order valence-corrected chi connectivity index (χ3v) is 4.38. The highest BCUT2D eigenvalue weighted by Gasteiger charge is 2.34. The van der Waals surface area contributed by atoms with Crippen LogP contribution in [0.15, 0.2) is 18.2 Å². The standard InChI is InChI=1S/C15H17ClN2O4.ClH/c1-21-14(19)13-5-10(6-17-13)22-15(20)18-7-9-3-2-4-12(16)11(9)8-18;/h2-4,10,13,17H,5-8H2,1H3;1H. The molecule has 1 aromatic carbocycles. The molecule has 1 amide bonds. The van der Waals surface area contributed by atoms with Gasteiger partial charge in [-0.05, 0) is 17.2 Å². The third kappa shape index (κ3) is 3.71. The van der Waals surface area contributed by atoms with E-state index < -0.39 is 6.04 Å². The predicted octanol–water partition coefficient (Wildman–Crippen LogP) is 2.12. The summed E-state index contributed by atoms with van der Waals surface area (Å²) < 4.78 is 10.1. The van der Waals surface area contributed by atoms with E-state index in [0.717, 1.165) is 11.1 Å². The number of nitrogens with zero attached hydrogens (tertiary/aromatic N) is 1. The lowest BCUT2D eigenvalue weighted by Gasteiger charge is -2.18. The molecule has 0 aliphatic carbocycles. The lowest BCUT2D eigenvalue weighted by atomic mass is 10.1. The Kier molecular flexibility index (Phi) is 5.73. The van der Waals surface area contributed by atoms with Crippen molar-refractivity contribution >= 4 is 36.1 Å². The number of amides is 1. The molecule has 2 atom stereocenters. The Morgan fingerprint density at radius 1 is 1.35 bits per heavy atom. The lowest BCUT2D eigenvalue weighted by Crippen LogP contribution is -2.31. The molecule has 6 nitrogen and oxygen atoms in total. The molecule has 2 unspecified atom stereocenters. The summed E-state index contributed by atoms with van der Waals surface area (Å²) in [6, 6.07) is 5.24. The van der Waals surface area contributed by atoms with Gasteiger partial charge in [0.2, 0.25) is 0 Å². The maximum atomic E-state index is 12.2. The van der Waals surface area contributed by atoms with Crippen molar-refractivity contribution in [1.29, 1.82) is 0 Å². The number of rotatable bonds is 2. The zero-order valence-electron chi connectivity index (χ0n) is 12.6. The number of hydrogen-bond donors (Lipinski definition) is 1. The molecule has 23 heavy (non-hydrogen) atoms. The van der Waals surface area contributed by atoms with Gasteiger partial charge >= 0.3 is 12.1 Å². The molecule has 2 aliphatic rings.